The molecule has 5 heteroatoms. The minimum absolute atomic E-state index is 0.160. The van der Waals surface area contributed by atoms with Crippen LogP contribution in [0.1, 0.15) is 18.2 Å². The maximum Gasteiger partial charge on any atom is 0.293 e. The first-order valence-electron chi connectivity index (χ1n) is 6.00. The minimum atomic E-state index is -0.160. The molecule has 0 spiro atoms. The fourth-order valence-electron chi connectivity index (χ4n) is 1.98. The summed E-state index contributed by atoms with van der Waals surface area (Å²) in [6.07, 6.45) is 0.470. The number of carbonyl (C=O) groups excluding carboxylic acids is 1. The number of hydrogen-bond donors (Lipinski definition) is 1. The number of carbonyl (C=O) groups is 1. The van der Waals surface area contributed by atoms with E-state index in [0.29, 0.717) is 12.9 Å². The summed E-state index contributed by atoms with van der Waals surface area (Å²) < 4.78 is 5.92. The summed E-state index contributed by atoms with van der Waals surface area (Å²) in [5.41, 5.74) is 4.05. The molecule has 0 saturated carbocycles. The Morgan fingerprint density at radius 2 is 2.32 bits per heavy atom. The Kier molecular flexibility index (Phi) is 4.37. The van der Waals surface area contributed by atoms with Crippen LogP contribution in [0.15, 0.2) is 28.7 Å². The molecule has 0 aliphatic carbocycles. The Morgan fingerprint density at radius 1 is 1.53 bits per heavy atom. The average Bonchev–Trinajstić information content (AvgIpc) is 2.71. The van der Waals surface area contributed by atoms with Crippen LogP contribution in [-0.2, 0) is 16.0 Å². The SMILES string of the molecule is Cc1c(-c2cccc(Br)c2)n[nH]c1CC(C)OC=O. The van der Waals surface area contributed by atoms with Crippen molar-refractivity contribution in [2.24, 2.45) is 0 Å². The predicted octanol–water partition coefficient (Wildman–Crippen LogP) is 3.25. The molecule has 2 aromatic rings. The molecule has 0 amide bonds. The Labute approximate surface area is 120 Å². The van der Waals surface area contributed by atoms with Crippen LogP contribution in [0.3, 0.4) is 0 Å². The molecule has 19 heavy (non-hydrogen) atoms. The second-order valence-corrected chi connectivity index (χ2v) is 5.35. The van der Waals surface area contributed by atoms with Crippen LogP contribution in [0.4, 0.5) is 0 Å². The number of nitrogens with one attached hydrogen (secondary N) is 1. The fourth-order valence-corrected chi connectivity index (χ4v) is 2.38. The molecule has 0 fully saturated rings. The van der Waals surface area contributed by atoms with E-state index in [4.69, 9.17) is 4.74 Å². The second-order valence-electron chi connectivity index (χ2n) is 4.43. The van der Waals surface area contributed by atoms with Crippen LogP contribution >= 0.6 is 15.9 Å². The van der Waals surface area contributed by atoms with Crippen molar-refractivity contribution < 1.29 is 9.53 Å². The van der Waals surface area contributed by atoms with Crippen LogP contribution in [0.25, 0.3) is 11.3 Å². The molecule has 1 N–H and O–H groups in total. The Balaban J connectivity index is 2.25. The van der Waals surface area contributed by atoms with Gasteiger partial charge in [-0.25, -0.2) is 0 Å². The Hall–Kier alpha value is -1.62. The van der Waals surface area contributed by atoms with Gasteiger partial charge in [0.05, 0.1) is 5.69 Å². The van der Waals surface area contributed by atoms with Crippen molar-refractivity contribution in [1.82, 2.24) is 10.2 Å². The van der Waals surface area contributed by atoms with Crippen molar-refractivity contribution >= 4 is 22.4 Å². The van der Waals surface area contributed by atoms with Gasteiger partial charge in [-0.05, 0) is 31.5 Å². The van der Waals surface area contributed by atoms with E-state index in [2.05, 4.69) is 26.1 Å². The molecule has 100 valence electrons. The maximum atomic E-state index is 10.3. The first-order chi connectivity index (χ1) is 9.11. The number of nitrogens with zero attached hydrogens (tertiary/aromatic N) is 1. The molecule has 1 aromatic carbocycles. The number of benzene rings is 1. The van der Waals surface area contributed by atoms with Crippen molar-refractivity contribution in [3.63, 3.8) is 0 Å². The molecule has 0 aliphatic heterocycles. The van der Waals surface area contributed by atoms with Crippen LogP contribution in [0.2, 0.25) is 0 Å². The lowest BCUT2D eigenvalue weighted by atomic mass is 10.0. The highest BCUT2D eigenvalue weighted by molar-refractivity contribution is 9.10. The smallest absolute Gasteiger partial charge is 0.293 e. The van der Waals surface area contributed by atoms with Crippen molar-refractivity contribution in [1.29, 1.82) is 0 Å². The maximum absolute atomic E-state index is 10.3. The van der Waals surface area contributed by atoms with E-state index in [1.807, 2.05) is 38.1 Å². The highest BCUT2D eigenvalue weighted by Gasteiger charge is 2.14. The van der Waals surface area contributed by atoms with Gasteiger partial charge < -0.3 is 4.74 Å². The topological polar surface area (TPSA) is 55.0 Å². The number of aromatic amines is 1. The van der Waals surface area contributed by atoms with E-state index in [1.54, 1.807) is 0 Å². The van der Waals surface area contributed by atoms with Gasteiger partial charge in [0.25, 0.3) is 6.47 Å². The first kappa shape index (κ1) is 13.8. The first-order valence-corrected chi connectivity index (χ1v) is 6.80. The molecule has 0 aliphatic rings. The zero-order valence-corrected chi connectivity index (χ0v) is 12.4. The van der Waals surface area contributed by atoms with Crippen LogP contribution in [0, 0.1) is 6.92 Å². The minimum Gasteiger partial charge on any atom is -0.464 e. The zero-order chi connectivity index (χ0) is 13.8. The third-order valence-electron chi connectivity index (χ3n) is 2.99. The summed E-state index contributed by atoms with van der Waals surface area (Å²) in [6.45, 7) is 4.35. The average molecular weight is 323 g/mol. The predicted molar refractivity (Wildman–Crippen MR) is 76.8 cm³/mol. The molecule has 4 nitrogen and oxygen atoms in total. The number of H-pyrrole nitrogens is 1. The van der Waals surface area contributed by atoms with Crippen molar-refractivity contribution in [3.05, 3.63) is 40.0 Å². The standard InChI is InChI=1S/C14H15BrN2O2/c1-9(19-8-18)6-13-10(2)14(17-16-13)11-4-3-5-12(15)7-11/h3-5,7-9H,6H2,1-2H3,(H,16,17). The zero-order valence-electron chi connectivity index (χ0n) is 10.8. The molecular weight excluding hydrogens is 308 g/mol. The summed E-state index contributed by atoms with van der Waals surface area (Å²) >= 11 is 3.45. The van der Waals surface area contributed by atoms with E-state index < -0.39 is 0 Å². The lowest BCUT2D eigenvalue weighted by Crippen LogP contribution is -2.11. The van der Waals surface area contributed by atoms with Gasteiger partial charge in [0.1, 0.15) is 6.10 Å². The normalized spacial score (nSPS) is 12.2. The van der Waals surface area contributed by atoms with Crippen molar-refractivity contribution in [3.8, 4) is 11.3 Å². The highest BCUT2D eigenvalue weighted by Crippen LogP contribution is 2.26. The van der Waals surface area contributed by atoms with Gasteiger partial charge in [0.2, 0.25) is 0 Å². The number of halogens is 1. The molecule has 0 radical (unpaired) electrons. The summed E-state index contributed by atoms with van der Waals surface area (Å²) in [5.74, 6) is 0. The second kappa shape index (κ2) is 6.02. The van der Waals surface area contributed by atoms with Gasteiger partial charge in [-0.3, -0.25) is 9.89 Å². The van der Waals surface area contributed by atoms with E-state index in [1.165, 1.54) is 0 Å². The van der Waals surface area contributed by atoms with Crippen LogP contribution in [0.5, 0.6) is 0 Å². The third-order valence-corrected chi connectivity index (χ3v) is 3.48. The van der Waals surface area contributed by atoms with E-state index in [9.17, 15) is 4.79 Å². The van der Waals surface area contributed by atoms with Gasteiger partial charge in [0, 0.05) is 22.2 Å². The monoisotopic (exact) mass is 322 g/mol. The molecular formula is C14H15BrN2O2. The third kappa shape index (κ3) is 3.23. The lowest BCUT2D eigenvalue weighted by Gasteiger charge is -2.08. The van der Waals surface area contributed by atoms with Crippen molar-refractivity contribution in [2.45, 2.75) is 26.4 Å². The number of rotatable bonds is 5. The summed E-state index contributed by atoms with van der Waals surface area (Å²) in [6, 6.07) is 8.00. The van der Waals surface area contributed by atoms with E-state index >= 15 is 0 Å². The molecule has 1 atom stereocenters. The summed E-state index contributed by atoms with van der Waals surface area (Å²) in [4.78, 5) is 10.3. The Bertz CT molecular complexity index is 581. The Morgan fingerprint density at radius 3 is 3.00 bits per heavy atom. The summed E-state index contributed by atoms with van der Waals surface area (Å²) in [5, 5.41) is 7.37. The number of hydrogen-bond acceptors (Lipinski definition) is 3. The van der Waals surface area contributed by atoms with Crippen molar-refractivity contribution in [2.75, 3.05) is 0 Å². The molecule has 0 bridgehead atoms. The van der Waals surface area contributed by atoms with Gasteiger partial charge in [-0.2, -0.15) is 5.10 Å². The highest BCUT2D eigenvalue weighted by atomic mass is 79.9. The fraction of sp³-hybridized carbons (Fsp3) is 0.286. The van der Waals surface area contributed by atoms with Gasteiger partial charge in [-0.1, -0.05) is 28.1 Å². The molecule has 2 rings (SSSR count). The van der Waals surface area contributed by atoms with Gasteiger partial charge in [0.15, 0.2) is 0 Å². The van der Waals surface area contributed by atoms with Crippen LogP contribution in [-0.4, -0.2) is 22.8 Å². The quantitative estimate of drug-likeness (QED) is 0.860. The molecule has 1 heterocycles. The number of ether oxygens (including phenoxy) is 1. The van der Waals surface area contributed by atoms with Crippen LogP contribution < -0.4 is 0 Å². The lowest BCUT2D eigenvalue weighted by molar-refractivity contribution is -0.132. The number of aromatic nitrogens is 2. The molecule has 1 unspecified atom stereocenters. The molecule has 0 saturated heterocycles. The summed E-state index contributed by atoms with van der Waals surface area (Å²) in [7, 11) is 0. The van der Waals surface area contributed by atoms with E-state index in [0.717, 1.165) is 27.0 Å². The van der Waals surface area contributed by atoms with E-state index in [-0.39, 0.29) is 6.10 Å². The van der Waals surface area contributed by atoms with Gasteiger partial charge >= 0.3 is 0 Å². The van der Waals surface area contributed by atoms with Gasteiger partial charge in [-0.15, -0.1) is 0 Å². The molecule has 1 aromatic heterocycles. The largest absolute Gasteiger partial charge is 0.464 e.